The Kier molecular flexibility index (Phi) is 4.48. The van der Waals surface area contributed by atoms with E-state index in [0.717, 1.165) is 18.5 Å². The second-order valence-corrected chi connectivity index (χ2v) is 7.53. The number of nitrogens with zero attached hydrogens (tertiary/aromatic N) is 3. The molecule has 1 saturated heterocycles. The van der Waals surface area contributed by atoms with Gasteiger partial charge in [-0.25, -0.2) is 4.98 Å². The van der Waals surface area contributed by atoms with E-state index in [9.17, 15) is 9.59 Å². The Labute approximate surface area is 150 Å². The van der Waals surface area contributed by atoms with Crippen LogP contribution in [0.5, 0.6) is 0 Å². The van der Waals surface area contributed by atoms with E-state index in [1.54, 1.807) is 29.4 Å². The predicted octanol–water partition coefficient (Wildman–Crippen LogP) is 2.91. The number of likely N-dealkylation sites (tertiary alicyclic amines) is 1. The summed E-state index contributed by atoms with van der Waals surface area (Å²) < 4.78 is 0. The van der Waals surface area contributed by atoms with E-state index in [2.05, 4.69) is 15.3 Å². The molecule has 0 aromatic carbocycles. The maximum Gasteiger partial charge on any atom is 0.253 e. The summed E-state index contributed by atoms with van der Waals surface area (Å²) in [5.74, 6) is 0.326. The third kappa shape index (κ3) is 3.71. The van der Waals surface area contributed by atoms with Crippen LogP contribution >= 0.6 is 11.3 Å². The molecule has 3 heterocycles. The summed E-state index contributed by atoms with van der Waals surface area (Å²) in [5.41, 5.74) is 1.71. The fraction of sp³-hybridized carbons (Fsp3) is 0.444. The predicted molar refractivity (Wildman–Crippen MR) is 95.6 cm³/mol. The Hall–Kier alpha value is -2.28. The molecule has 6 nitrogen and oxygen atoms in total. The molecule has 2 aliphatic rings. The molecular weight excluding hydrogens is 336 g/mol. The first kappa shape index (κ1) is 16.2. The largest absolute Gasteiger partial charge is 0.338 e. The molecule has 0 radical (unpaired) electrons. The zero-order valence-electron chi connectivity index (χ0n) is 13.9. The van der Waals surface area contributed by atoms with Gasteiger partial charge in [0.15, 0.2) is 5.13 Å². The number of rotatable bonds is 4. The van der Waals surface area contributed by atoms with E-state index in [-0.39, 0.29) is 17.7 Å². The molecule has 2 aromatic heterocycles. The molecular formula is C18H20N4O2S. The molecule has 1 atom stereocenters. The molecule has 130 valence electrons. The van der Waals surface area contributed by atoms with Crippen LogP contribution in [0.4, 0.5) is 5.13 Å². The van der Waals surface area contributed by atoms with Crippen LogP contribution in [0.2, 0.25) is 0 Å². The lowest BCUT2D eigenvalue weighted by molar-refractivity contribution is -0.121. The van der Waals surface area contributed by atoms with Crippen molar-refractivity contribution in [1.29, 1.82) is 0 Å². The number of carbonyl (C=O) groups is 2. The summed E-state index contributed by atoms with van der Waals surface area (Å²) in [5, 5.41) is 5.64. The summed E-state index contributed by atoms with van der Waals surface area (Å²) in [6.45, 7) is 1.14. The van der Waals surface area contributed by atoms with Crippen molar-refractivity contribution in [2.75, 3.05) is 18.4 Å². The van der Waals surface area contributed by atoms with Gasteiger partial charge in [-0.05, 0) is 37.8 Å². The third-order valence-corrected chi connectivity index (χ3v) is 5.53. The van der Waals surface area contributed by atoms with Crippen molar-refractivity contribution in [3.63, 3.8) is 0 Å². The zero-order valence-corrected chi connectivity index (χ0v) is 14.7. The van der Waals surface area contributed by atoms with E-state index in [1.165, 1.54) is 24.2 Å². The van der Waals surface area contributed by atoms with Crippen molar-refractivity contribution in [2.24, 2.45) is 5.92 Å². The van der Waals surface area contributed by atoms with Gasteiger partial charge in [-0.15, -0.1) is 11.3 Å². The first-order chi connectivity index (χ1) is 12.2. The molecule has 2 amide bonds. The average Bonchev–Trinajstić information content (AvgIpc) is 3.41. The minimum Gasteiger partial charge on any atom is -0.338 e. The maximum absolute atomic E-state index is 12.6. The van der Waals surface area contributed by atoms with E-state index in [0.29, 0.717) is 29.7 Å². The maximum atomic E-state index is 12.6. The molecule has 1 N–H and O–H groups in total. The molecule has 4 rings (SSSR count). The number of aromatic nitrogens is 2. The number of carbonyl (C=O) groups excluding carboxylic acids is 2. The van der Waals surface area contributed by atoms with Crippen LogP contribution in [0.1, 0.15) is 47.7 Å². The minimum absolute atomic E-state index is 0.0369. The Morgan fingerprint density at radius 3 is 2.76 bits per heavy atom. The molecule has 25 heavy (non-hydrogen) atoms. The summed E-state index contributed by atoms with van der Waals surface area (Å²) in [6.07, 6.45) is 7.26. The first-order valence-corrected chi connectivity index (χ1v) is 9.54. The van der Waals surface area contributed by atoms with Gasteiger partial charge in [-0.3, -0.25) is 14.6 Å². The zero-order chi connectivity index (χ0) is 17.2. The number of hydrogen-bond acceptors (Lipinski definition) is 5. The topological polar surface area (TPSA) is 75.2 Å². The van der Waals surface area contributed by atoms with Gasteiger partial charge in [-0.1, -0.05) is 0 Å². The lowest BCUT2D eigenvalue weighted by Crippen LogP contribution is -2.43. The second kappa shape index (κ2) is 6.92. The summed E-state index contributed by atoms with van der Waals surface area (Å²) >= 11 is 1.48. The fourth-order valence-electron chi connectivity index (χ4n) is 3.17. The van der Waals surface area contributed by atoms with E-state index in [1.807, 2.05) is 5.38 Å². The molecule has 0 spiro atoms. The third-order valence-electron chi connectivity index (χ3n) is 4.75. The van der Waals surface area contributed by atoms with Gasteiger partial charge in [-0.2, -0.15) is 0 Å². The lowest BCUT2D eigenvalue weighted by Gasteiger charge is -2.31. The van der Waals surface area contributed by atoms with Gasteiger partial charge in [0, 0.05) is 42.3 Å². The molecule has 1 aliphatic carbocycles. The molecule has 0 unspecified atom stereocenters. The monoisotopic (exact) mass is 356 g/mol. The van der Waals surface area contributed by atoms with E-state index < -0.39 is 0 Å². The minimum atomic E-state index is -0.187. The Morgan fingerprint density at radius 1 is 1.20 bits per heavy atom. The average molecular weight is 356 g/mol. The van der Waals surface area contributed by atoms with Crippen LogP contribution in [0.25, 0.3) is 0 Å². The fourth-order valence-corrected chi connectivity index (χ4v) is 3.97. The van der Waals surface area contributed by atoms with Crippen LogP contribution in [0.3, 0.4) is 0 Å². The van der Waals surface area contributed by atoms with Crippen molar-refractivity contribution in [2.45, 2.75) is 31.6 Å². The molecule has 1 aliphatic heterocycles. The number of thiazole rings is 1. The lowest BCUT2D eigenvalue weighted by atomic mass is 9.96. The van der Waals surface area contributed by atoms with Gasteiger partial charge >= 0.3 is 0 Å². The van der Waals surface area contributed by atoms with Crippen LogP contribution in [-0.2, 0) is 4.79 Å². The molecule has 2 fully saturated rings. The standard InChI is InChI=1S/C18H20N4O2S/c23-16(21-18-20-15(11-25-18)12-3-4-12)14-2-1-9-22(10-14)17(24)13-5-7-19-8-6-13/h5-8,11-12,14H,1-4,9-10H2,(H,20,21,23)/t14-/m0/s1. The number of nitrogens with one attached hydrogen (secondary N) is 1. The number of amides is 2. The molecule has 1 saturated carbocycles. The number of piperidine rings is 1. The van der Waals surface area contributed by atoms with Crippen LogP contribution < -0.4 is 5.32 Å². The number of pyridine rings is 1. The van der Waals surface area contributed by atoms with Gasteiger partial charge in [0.2, 0.25) is 5.91 Å². The van der Waals surface area contributed by atoms with Gasteiger partial charge < -0.3 is 10.2 Å². The Balaban J connectivity index is 1.38. The van der Waals surface area contributed by atoms with Crippen LogP contribution in [-0.4, -0.2) is 39.8 Å². The highest BCUT2D eigenvalue weighted by molar-refractivity contribution is 7.13. The van der Waals surface area contributed by atoms with Crippen molar-refractivity contribution < 1.29 is 9.59 Å². The summed E-state index contributed by atoms with van der Waals surface area (Å²) in [4.78, 5) is 35.4. The van der Waals surface area contributed by atoms with E-state index >= 15 is 0 Å². The van der Waals surface area contributed by atoms with Crippen LogP contribution in [0, 0.1) is 5.92 Å². The highest BCUT2D eigenvalue weighted by Gasteiger charge is 2.30. The summed E-state index contributed by atoms with van der Waals surface area (Å²) in [7, 11) is 0. The van der Waals surface area contributed by atoms with E-state index in [4.69, 9.17) is 0 Å². The smallest absolute Gasteiger partial charge is 0.253 e. The second-order valence-electron chi connectivity index (χ2n) is 6.67. The number of anilines is 1. The Morgan fingerprint density at radius 2 is 2.00 bits per heavy atom. The van der Waals surface area contributed by atoms with Crippen molar-refractivity contribution in [3.05, 3.63) is 41.2 Å². The SMILES string of the molecule is O=C(Nc1nc(C2CC2)cs1)[C@H]1CCCN(C(=O)c2ccncc2)C1. The molecule has 2 aromatic rings. The quantitative estimate of drug-likeness (QED) is 0.914. The highest BCUT2D eigenvalue weighted by atomic mass is 32.1. The normalized spacial score (nSPS) is 20.3. The van der Waals surface area contributed by atoms with Crippen molar-refractivity contribution in [1.82, 2.24) is 14.9 Å². The summed E-state index contributed by atoms with van der Waals surface area (Å²) in [6, 6.07) is 3.42. The first-order valence-electron chi connectivity index (χ1n) is 8.66. The van der Waals surface area contributed by atoms with Gasteiger partial charge in [0.25, 0.3) is 5.91 Å². The molecule has 7 heteroatoms. The Bertz CT molecular complexity index is 772. The van der Waals surface area contributed by atoms with Crippen molar-refractivity contribution >= 4 is 28.3 Å². The highest BCUT2D eigenvalue weighted by Crippen LogP contribution is 2.40. The van der Waals surface area contributed by atoms with Crippen molar-refractivity contribution in [3.8, 4) is 0 Å². The van der Waals surface area contributed by atoms with Gasteiger partial charge in [0.1, 0.15) is 0 Å². The van der Waals surface area contributed by atoms with Crippen LogP contribution in [0.15, 0.2) is 29.9 Å². The van der Waals surface area contributed by atoms with Gasteiger partial charge in [0.05, 0.1) is 11.6 Å². The molecule has 0 bridgehead atoms. The number of hydrogen-bond donors (Lipinski definition) is 1.